The van der Waals surface area contributed by atoms with Gasteiger partial charge in [0.15, 0.2) is 0 Å². The highest BCUT2D eigenvalue weighted by atomic mass is 14.6. The number of nitriles is 2. The number of rotatable bonds is 0. The Hall–Kier alpha value is -2.65. The Morgan fingerprint density at radius 2 is 1.25 bits per heavy atom. The van der Waals surface area contributed by atoms with E-state index in [4.69, 9.17) is 10.5 Å². The predicted octanol–water partition coefficient (Wildman–Crippen LogP) is 2.51. The van der Waals surface area contributed by atoms with Gasteiger partial charge in [-0.25, -0.2) is 0 Å². The van der Waals surface area contributed by atoms with Crippen LogP contribution in [-0.4, -0.2) is 4.98 Å². The highest BCUT2D eigenvalue weighted by Gasteiger charge is 1.95. The maximum Gasteiger partial charge on any atom is 0.101 e. The van der Waals surface area contributed by atoms with Crippen molar-refractivity contribution in [2.45, 2.75) is 0 Å². The Labute approximate surface area is 94.2 Å². The second kappa shape index (κ2) is 6.75. The molecule has 0 aliphatic rings. The van der Waals surface area contributed by atoms with Gasteiger partial charge in [0, 0.05) is 12.4 Å². The SMILES string of the molecule is N#Cc1ccccc1C#N.c1ccncc1. The summed E-state index contributed by atoms with van der Waals surface area (Å²) in [5.74, 6) is 0. The van der Waals surface area contributed by atoms with Gasteiger partial charge in [0.1, 0.15) is 12.1 Å². The minimum atomic E-state index is 0.435. The molecule has 0 saturated heterocycles. The van der Waals surface area contributed by atoms with Crippen LogP contribution < -0.4 is 0 Å². The molecular weight excluding hydrogens is 198 g/mol. The minimum Gasteiger partial charge on any atom is -0.265 e. The first-order valence-corrected chi connectivity index (χ1v) is 4.62. The van der Waals surface area contributed by atoms with Crippen molar-refractivity contribution in [2.24, 2.45) is 0 Å². The fraction of sp³-hybridized carbons (Fsp3) is 0. The van der Waals surface area contributed by atoms with E-state index in [1.165, 1.54) is 0 Å². The summed E-state index contributed by atoms with van der Waals surface area (Å²) in [7, 11) is 0. The molecule has 0 spiro atoms. The van der Waals surface area contributed by atoms with Crippen molar-refractivity contribution < 1.29 is 0 Å². The fourth-order valence-corrected chi connectivity index (χ4v) is 0.991. The number of hydrogen-bond donors (Lipinski definition) is 0. The Morgan fingerprint density at radius 3 is 1.50 bits per heavy atom. The van der Waals surface area contributed by atoms with Crippen molar-refractivity contribution in [3.8, 4) is 12.1 Å². The highest BCUT2D eigenvalue weighted by molar-refractivity contribution is 5.44. The van der Waals surface area contributed by atoms with Crippen molar-refractivity contribution in [3.63, 3.8) is 0 Å². The van der Waals surface area contributed by atoms with E-state index >= 15 is 0 Å². The zero-order chi connectivity index (χ0) is 11.6. The normalized spacial score (nSPS) is 7.88. The predicted molar refractivity (Wildman–Crippen MR) is 60.1 cm³/mol. The van der Waals surface area contributed by atoms with Gasteiger partial charge < -0.3 is 0 Å². The summed E-state index contributed by atoms with van der Waals surface area (Å²) in [5, 5.41) is 16.9. The first-order chi connectivity index (χ1) is 7.88. The molecule has 1 heterocycles. The number of aromatic nitrogens is 1. The lowest BCUT2D eigenvalue weighted by Gasteiger charge is -1.88. The van der Waals surface area contributed by atoms with Crippen molar-refractivity contribution in [3.05, 3.63) is 66.0 Å². The highest BCUT2D eigenvalue weighted by Crippen LogP contribution is 2.03. The molecule has 0 bridgehead atoms. The molecule has 0 saturated carbocycles. The average molecular weight is 207 g/mol. The first-order valence-electron chi connectivity index (χ1n) is 4.62. The van der Waals surface area contributed by atoms with Gasteiger partial charge in [-0.1, -0.05) is 18.2 Å². The van der Waals surface area contributed by atoms with E-state index in [2.05, 4.69) is 4.98 Å². The van der Waals surface area contributed by atoms with Crippen molar-refractivity contribution in [1.29, 1.82) is 10.5 Å². The molecule has 0 aliphatic carbocycles. The Balaban J connectivity index is 0.000000181. The summed E-state index contributed by atoms with van der Waals surface area (Å²) in [6.45, 7) is 0. The summed E-state index contributed by atoms with van der Waals surface area (Å²) in [6, 6.07) is 16.3. The van der Waals surface area contributed by atoms with Crippen LogP contribution in [0.15, 0.2) is 54.9 Å². The topological polar surface area (TPSA) is 60.5 Å². The third-order valence-corrected chi connectivity index (χ3v) is 1.73. The van der Waals surface area contributed by atoms with Crippen molar-refractivity contribution in [2.75, 3.05) is 0 Å². The molecule has 3 nitrogen and oxygen atoms in total. The molecular formula is C13H9N3. The van der Waals surface area contributed by atoms with Gasteiger partial charge in [0.2, 0.25) is 0 Å². The maximum absolute atomic E-state index is 8.45. The van der Waals surface area contributed by atoms with Gasteiger partial charge >= 0.3 is 0 Å². The fourth-order valence-electron chi connectivity index (χ4n) is 0.991. The summed E-state index contributed by atoms with van der Waals surface area (Å²) < 4.78 is 0. The van der Waals surface area contributed by atoms with Crippen LogP contribution in [0.3, 0.4) is 0 Å². The van der Waals surface area contributed by atoms with Gasteiger partial charge in [-0.05, 0) is 24.3 Å². The summed E-state index contributed by atoms with van der Waals surface area (Å²) in [6.07, 6.45) is 3.50. The smallest absolute Gasteiger partial charge is 0.101 e. The van der Waals surface area contributed by atoms with Gasteiger partial charge in [-0.15, -0.1) is 0 Å². The van der Waals surface area contributed by atoms with Crippen LogP contribution in [0.4, 0.5) is 0 Å². The molecule has 76 valence electrons. The largest absolute Gasteiger partial charge is 0.265 e. The molecule has 16 heavy (non-hydrogen) atoms. The lowest BCUT2D eigenvalue weighted by atomic mass is 10.1. The quantitative estimate of drug-likeness (QED) is 0.666. The van der Waals surface area contributed by atoms with Gasteiger partial charge in [-0.3, -0.25) is 4.98 Å². The molecule has 2 rings (SSSR count). The van der Waals surface area contributed by atoms with Gasteiger partial charge in [0.05, 0.1) is 11.1 Å². The molecule has 2 aromatic rings. The molecule has 0 atom stereocenters. The second-order valence-corrected chi connectivity index (χ2v) is 2.79. The van der Waals surface area contributed by atoms with Gasteiger partial charge in [-0.2, -0.15) is 10.5 Å². The number of pyridine rings is 1. The molecule has 0 amide bonds. The third-order valence-electron chi connectivity index (χ3n) is 1.73. The lowest BCUT2D eigenvalue weighted by molar-refractivity contribution is 1.33. The van der Waals surface area contributed by atoms with Crippen LogP contribution in [0.5, 0.6) is 0 Å². The van der Waals surface area contributed by atoms with Crippen molar-refractivity contribution >= 4 is 0 Å². The van der Waals surface area contributed by atoms with E-state index in [-0.39, 0.29) is 0 Å². The standard InChI is InChI=1S/C8H4N2.C5H5N/c9-5-7-3-1-2-4-8(7)6-10;1-2-4-6-5-3-1/h1-4H;1-5H. The molecule has 1 aromatic carbocycles. The van der Waals surface area contributed by atoms with E-state index in [1.54, 1.807) is 36.7 Å². The molecule has 3 heteroatoms. The summed E-state index contributed by atoms with van der Waals surface area (Å²) >= 11 is 0. The van der Waals surface area contributed by atoms with E-state index < -0.39 is 0 Å². The average Bonchev–Trinajstić information content (AvgIpc) is 2.41. The maximum atomic E-state index is 8.45. The van der Waals surface area contributed by atoms with E-state index in [0.717, 1.165) is 0 Å². The lowest BCUT2D eigenvalue weighted by Crippen LogP contribution is -1.79. The Bertz CT molecular complexity index is 447. The third kappa shape index (κ3) is 3.61. The molecule has 0 aliphatic heterocycles. The molecule has 0 fully saturated rings. The van der Waals surface area contributed by atoms with Crippen LogP contribution in [0, 0.1) is 22.7 Å². The zero-order valence-electron chi connectivity index (χ0n) is 8.54. The minimum absolute atomic E-state index is 0.435. The van der Waals surface area contributed by atoms with E-state index in [0.29, 0.717) is 11.1 Å². The Morgan fingerprint density at radius 1 is 0.750 bits per heavy atom. The Kier molecular flexibility index (Phi) is 4.82. The van der Waals surface area contributed by atoms with Gasteiger partial charge in [0.25, 0.3) is 0 Å². The number of hydrogen-bond acceptors (Lipinski definition) is 3. The van der Waals surface area contributed by atoms with Crippen LogP contribution in [-0.2, 0) is 0 Å². The van der Waals surface area contributed by atoms with E-state index in [1.807, 2.05) is 30.3 Å². The number of benzene rings is 1. The monoisotopic (exact) mass is 207 g/mol. The molecule has 0 radical (unpaired) electrons. The summed E-state index contributed by atoms with van der Waals surface area (Å²) in [4.78, 5) is 3.78. The summed E-state index contributed by atoms with van der Waals surface area (Å²) in [5.41, 5.74) is 0.870. The van der Waals surface area contributed by atoms with Crippen LogP contribution in [0.25, 0.3) is 0 Å². The first kappa shape index (κ1) is 11.4. The molecule has 0 unspecified atom stereocenters. The van der Waals surface area contributed by atoms with Crippen LogP contribution >= 0.6 is 0 Å². The second-order valence-electron chi connectivity index (χ2n) is 2.79. The molecule has 0 N–H and O–H groups in total. The van der Waals surface area contributed by atoms with E-state index in [9.17, 15) is 0 Å². The van der Waals surface area contributed by atoms with Crippen molar-refractivity contribution in [1.82, 2.24) is 4.98 Å². The zero-order valence-corrected chi connectivity index (χ0v) is 8.54. The van der Waals surface area contributed by atoms with Crippen LogP contribution in [0.2, 0.25) is 0 Å². The van der Waals surface area contributed by atoms with Crippen LogP contribution in [0.1, 0.15) is 11.1 Å². The number of nitrogens with zero attached hydrogens (tertiary/aromatic N) is 3. The molecule has 1 aromatic heterocycles.